The summed E-state index contributed by atoms with van der Waals surface area (Å²) >= 11 is 3.27. The lowest BCUT2D eigenvalue weighted by Crippen LogP contribution is -2.42. The van der Waals surface area contributed by atoms with Crippen molar-refractivity contribution in [2.24, 2.45) is 5.92 Å². The molecule has 0 heterocycles. The molecule has 0 spiro atoms. The van der Waals surface area contributed by atoms with Crippen LogP contribution in [0.25, 0.3) is 0 Å². The predicted molar refractivity (Wildman–Crippen MR) is 112 cm³/mol. The van der Waals surface area contributed by atoms with Crippen LogP contribution in [0.3, 0.4) is 0 Å². The SMILES string of the molecule is CC(CO[Si](C)(C)C(C)(C)C)C[C@H](C)NCC(F)(F)c1ccc(Br)cc1. The maximum atomic E-state index is 14.3. The molecule has 1 N–H and O–H groups in total. The molecule has 0 aromatic heterocycles. The number of nitrogens with one attached hydrogen (secondary N) is 1. The lowest BCUT2D eigenvalue weighted by Gasteiger charge is -2.37. The Labute approximate surface area is 167 Å². The van der Waals surface area contributed by atoms with E-state index >= 15 is 0 Å². The molecule has 0 radical (unpaired) electrons. The fourth-order valence-electron chi connectivity index (χ4n) is 2.42. The molecule has 1 rings (SSSR count). The Bertz CT molecular complexity index is 558. The van der Waals surface area contributed by atoms with Gasteiger partial charge in [-0.2, -0.15) is 8.78 Å². The highest BCUT2D eigenvalue weighted by atomic mass is 79.9. The van der Waals surface area contributed by atoms with Gasteiger partial charge in [-0.05, 0) is 49.5 Å². The van der Waals surface area contributed by atoms with Crippen molar-refractivity contribution in [2.75, 3.05) is 13.2 Å². The van der Waals surface area contributed by atoms with E-state index in [2.05, 4.69) is 62.0 Å². The Balaban J connectivity index is 2.46. The monoisotopic (exact) mass is 449 g/mol. The van der Waals surface area contributed by atoms with Crippen molar-refractivity contribution in [2.45, 2.75) is 71.1 Å². The maximum absolute atomic E-state index is 14.3. The molecule has 0 aliphatic rings. The van der Waals surface area contributed by atoms with Crippen molar-refractivity contribution in [3.8, 4) is 0 Å². The van der Waals surface area contributed by atoms with Gasteiger partial charge in [-0.3, -0.25) is 0 Å². The smallest absolute Gasteiger partial charge is 0.285 e. The summed E-state index contributed by atoms with van der Waals surface area (Å²) in [7, 11) is -1.76. The number of alkyl halides is 2. The summed E-state index contributed by atoms with van der Waals surface area (Å²) in [4.78, 5) is 0. The highest BCUT2D eigenvalue weighted by molar-refractivity contribution is 9.10. The molecule has 1 aromatic rings. The van der Waals surface area contributed by atoms with Crippen molar-refractivity contribution < 1.29 is 13.2 Å². The van der Waals surface area contributed by atoms with Gasteiger partial charge in [0, 0.05) is 22.7 Å². The Kier molecular flexibility index (Phi) is 8.45. The van der Waals surface area contributed by atoms with Gasteiger partial charge in [0.15, 0.2) is 8.32 Å². The van der Waals surface area contributed by atoms with E-state index in [0.717, 1.165) is 10.9 Å². The molecule has 0 saturated carbocycles. The lowest BCUT2D eigenvalue weighted by molar-refractivity contribution is -0.00601. The van der Waals surface area contributed by atoms with Gasteiger partial charge in [0.2, 0.25) is 0 Å². The van der Waals surface area contributed by atoms with Gasteiger partial charge in [0.25, 0.3) is 5.92 Å². The molecule has 1 aromatic carbocycles. The summed E-state index contributed by atoms with van der Waals surface area (Å²) in [6.45, 7) is 15.5. The summed E-state index contributed by atoms with van der Waals surface area (Å²) in [5.41, 5.74) is 0.0368. The quantitative estimate of drug-likeness (QED) is 0.430. The van der Waals surface area contributed by atoms with Crippen LogP contribution in [0.4, 0.5) is 8.78 Å². The highest BCUT2D eigenvalue weighted by Gasteiger charge is 2.37. The van der Waals surface area contributed by atoms with Crippen LogP contribution in [-0.2, 0) is 10.3 Å². The van der Waals surface area contributed by atoms with Gasteiger partial charge < -0.3 is 9.74 Å². The van der Waals surface area contributed by atoms with Crippen LogP contribution >= 0.6 is 15.9 Å². The molecule has 0 amide bonds. The van der Waals surface area contributed by atoms with Gasteiger partial charge in [0.05, 0.1) is 6.54 Å². The van der Waals surface area contributed by atoms with Gasteiger partial charge in [-0.1, -0.05) is 55.8 Å². The Morgan fingerprint density at radius 2 is 1.65 bits per heavy atom. The zero-order valence-corrected chi connectivity index (χ0v) is 19.7. The summed E-state index contributed by atoms with van der Waals surface area (Å²) in [6.07, 6.45) is 0.811. The molecular weight excluding hydrogens is 416 g/mol. The zero-order valence-electron chi connectivity index (χ0n) is 17.1. The molecule has 0 fully saturated rings. The van der Waals surface area contributed by atoms with E-state index in [1.54, 1.807) is 12.1 Å². The van der Waals surface area contributed by atoms with Gasteiger partial charge in [-0.25, -0.2) is 0 Å². The van der Waals surface area contributed by atoms with Crippen molar-refractivity contribution in [3.63, 3.8) is 0 Å². The number of rotatable bonds is 9. The third kappa shape index (κ3) is 7.37. The molecule has 1 unspecified atom stereocenters. The molecule has 0 saturated heterocycles. The molecule has 2 atom stereocenters. The minimum absolute atomic E-state index is 0.00865. The topological polar surface area (TPSA) is 21.3 Å². The first-order valence-corrected chi connectivity index (χ1v) is 13.0. The fraction of sp³-hybridized carbons (Fsp3) is 0.700. The second-order valence-corrected chi connectivity index (χ2v) is 14.6. The Morgan fingerprint density at radius 3 is 2.15 bits per heavy atom. The zero-order chi connectivity index (χ0) is 20.2. The average molecular weight is 450 g/mol. The van der Waals surface area contributed by atoms with Crippen molar-refractivity contribution >= 4 is 24.2 Å². The predicted octanol–water partition coefficient (Wildman–Crippen LogP) is 6.57. The molecular formula is C20H34BrF2NOSi. The van der Waals surface area contributed by atoms with Crippen molar-refractivity contribution in [1.29, 1.82) is 0 Å². The van der Waals surface area contributed by atoms with Crippen LogP contribution in [-0.4, -0.2) is 27.5 Å². The third-order valence-electron chi connectivity index (χ3n) is 5.23. The molecule has 0 bridgehead atoms. The molecule has 0 aliphatic heterocycles. The van der Waals surface area contributed by atoms with Crippen LogP contribution in [0.15, 0.2) is 28.7 Å². The molecule has 150 valence electrons. The minimum Gasteiger partial charge on any atom is -0.417 e. The average Bonchev–Trinajstić information content (AvgIpc) is 2.50. The molecule has 6 heteroatoms. The van der Waals surface area contributed by atoms with Crippen molar-refractivity contribution in [1.82, 2.24) is 5.32 Å². The van der Waals surface area contributed by atoms with Gasteiger partial charge in [0.1, 0.15) is 0 Å². The lowest BCUT2D eigenvalue weighted by atomic mass is 10.0. The third-order valence-corrected chi connectivity index (χ3v) is 10.3. The largest absolute Gasteiger partial charge is 0.417 e. The number of halogens is 3. The minimum atomic E-state index is -2.88. The number of hydrogen-bond acceptors (Lipinski definition) is 2. The number of hydrogen-bond donors (Lipinski definition) is 1. The summed E-state index contributed by atoms with van der Waals surface area (Å²) < 4.78 is 35.7. The van der Waals surface area contributed by atoms with E-state index < -0.39 is 14.2 Å². The van der Waals surface area contributed by atoms with E-state index in [9.17, 15) is 8.78 Å². The number of benzene rings is 1. The van der Waals surface area contributed by atoms with Crippen LogP contribution in [0.2, 0.25) is 18.1 Å². The van der Waals surface area contributed by atoms with E-state index in [1.807, 2.05) is 6.92 Å². The summed E-state index contributed by atoms with van der Waals surface area (Å²) in [5.74, 6) is -2.55. The van der Waals surface area contributed by atoms with Gasteiger partial charge >= 0.3 is 0 Å². The van der Waals surface area contributed by atoms with Gasteiger partial charge in [-0.15, -0.1) is 0 Å². The maximum Gasteiger partial charge on any atom is 0.285 e. The van der Waals surface area contributed by atoms with Crippen LogP contribution in [0.1, 0.15) is 46.6 Å². The van der Waals surface area contributed by atoms with Crippen LogP contribution in [0.5, 0.6) is 0 Å². The molecule has 26 heavy (non-hydrogen) atoms. The molecule has 2 nitrogen and oxygen atoms in total. The summed E-state index contributed by atoms with van der Waals surface area (Å²) in [5, 5.41) is 3.17. The normalized spacial score (nSPS) is 15.8. The first-order chi connectivity index (χ1) is 11.7. The van der Waals surface area contributed by atoms with Crippen molar-refractivity contribution in [3.05, 3.63) is 34.3 Å². The Hall–Kier alpha value is -0.303. The van der Waals surface area contributed by atoms with E-state index in [1.165, 1.54) is 12.1 Å². The van der Waals surface area contributed by atoms with E-state index in [4.69, 9.17) is 4.43 Å². The second-order valence-electron chi connectivity index (χ2n) is 8.91. The fourth-order valence-corrected chi connectivity index (χ4v) is 3.82. The molecule has 0 aliphatic carbocycles. The standard InChI is InChI=1S/C20H34BrF2NOSi/c1-15(13-25-26(6,7)19(3,4)5)12-16(2)24-14-20(22,23)17-8-10-18(21)11-9-17/h8-11,15-16,24H,12-14H2,1-7H3/t15?,16-/m0/s1. The van der Waals surface area contributed by atoms with E-state index in [-0.39, 0.29) is 23.2 Å². The van der Waals surface area contributed by atoms with E-state index in [0.29, 0.717) is 12.5 Å². The Morgan fingerprint density at radius 1 is 1.12 bits per heavy atom. The first-order valence-electron chi connectivity index (χ1n) is 9.26. The second kappa shape index (κ2) is 9.26. The summed E-state index contributed by atoms with van der Waals surface area (Å²) in [6, 6.07) is 6.23. The highest BCUT2D eigenvalue weighted by Crippen LogP contribution is 2.37. The first kappa shape index (κ1) is 23.7. The van der Waals surface area contributed by atoms with Crippen LogP contribution < -0.4 is 5.32 Å². The van der Waals surface area contributed by atoms with Crippen LogP contribution in [0, 0.1) is 5.92 Å².